The summed E-state index contributed by atoms with van der Waals surface area (Å²) in [5.41, 5.74) is 3.39. The molecule has 19 heavy (non-hydrogen) atoms. The second-order valence-corrected chi connectivity index (χ2v) is 5.33. The quantitative estimate of drug-likeness (QED) is 0.649. The number of hydrogen-bond acceptors (Lipinski definition) is 3. The van der Waals surface area contributed by atoms with Gasteiger partial charge < -0.3 is 16.0 Å². The van der Waals surface area contributed by atoms with Crippen molar-refractivity contribution in [1.29, 1.82) is 0 Å². The van der Waals surface area contributed by atoms with E-state index in [9.17, 15) is 4.79 Å². The van der Waals surface area contributed by atoms with Crippen molar-refractivity contribution >= 4 is 11.6 Å². The highest BCUT2D eigenvalue weighted by molar-refractivity contribution is 5.99. The fourth-order valence-electron chi connectivity index (χ4n) is 2.25. The molecule has 0 bridgehead atoms. The molecular formula is C15H23N3O. The average molecular weight is 261 g/mol. The van der Waals surface area contributed by atoms with Crippen LogP contribution in [0, 0.1) is 0 Å². The lowest BCUT2D eigenvalue weighted by molar-refractivity contribution is -0.115. The topological polar surface area (TPSA) is 53.2 Å². The Morgan fingerprint density at radius 2 is 2.11 bits per heavy atom. The van der Waals surface area contributed by atoms with E-state index in [1.54, 1.807) is 0 Å². The predicted octanol–water partition coefficient (Wildman–Crippen LogP) is 1.31. The Morgan fingerprint density at radius 1 is 1.26 bits per heavy atom. The monoisotopic (exact) mass is 261 g/mol. The van der Waals surface area contributed by atoms with Gasteiger partial charge in [-0.05, 0) is 30.2 Å². The SMILES string of the molecule is CC(C)NCCNCCc1ccc2c(c1)CC(=O)N2. The number of anilines is 1. The van der Waals surface area contributed by atoms with Gasteiger partial charge in [0, 0.05) is 24.8 Å². The van der Waals surface area contributed by atoms with Crippen LogP contribution in [0.3, 0.4) is 0 Å². The molecule has 3 N–H and O–H groups in total. The van der Waals surface area contributed by atoms with Crippen molar-refractivity contribution < 1.29 is 4.79 Å². The number of rotatable bonds is 7. The molecule has 1 amide bonds. The van der Waals surface area contributed by atoms with Crippen LogP contribution in [-0.4, -0.2) is 31.6 Å². The molecule has 104 valence electrons. The number of carbonyl (C=O) groups is 1. The van der Waals surface area contributed by atoms with Crippen LogP contribution in [0.15, 0.2) is 18.2 Å². The third-order valence-corrected chi connectivity index (χ3v) is 3.24. The van der Waals surface area contributed by atoms with Crippen molar-refractivity contribution in [1.82, 2.24) is 10.6 Å². The van der Waals surface area contributed by atoms with Crippen LogP contribution in [0.25, 0.3) is 0 Å². The minimum Gasteiger partial charge on any atom is -0.326 e. The van der Waals surface area contributed by atoms with Crippen molar-refractivity contribution in [3.63, 3.8) is 0 Å². The Bertz CT molecular complexity index is 443. The third-order valence-electron chi connectivity index (χ3n) is 3.24. The Balaban J connectivity index is 1.70. The van der Waals surface area contributed by atoms with Crippen molar-refractivity contribution in [2.24, 2.45) is 0 Å². The van der Waals surface area contributed by atoms with E-state index in [2.05, 4.69) is 41.9 Å². The van der Waals surface area contributed by atoms with Crippen LogP contribution < -0.4 is 16.0 Å². The zero-order chi connectivity index (χ0) is 13.7. The number of fused-ring (bicyclic) bond motifs is 1. The van der Waals surface area contributed by atoms with Crippen LogP contribution in [0.2, 0.25) is 0 Å². The Kier molecular flexibility index (Phi) is 4.93. The standard InChI is InChI=1S/C15H23N3O/c1-11(2)17-8-7-16-6-5-12-3-4-14-13(9-12)10-15(19)18-14/h3-4,9,11,16-17H,5-8,10H2,1-2H3,(H,18,19). The van der Waals surface area contributed by atoms with Crippen molar-refractivity contribution in [3.05, 3.63) is 29.3 Å². The predicted molar refractivity (Wildman–Crippen MR) is 78.5 cm³/mol. The van der Waals surface area contributed by atoms with E-state index in [0.29, 0.717) is 12.5 Å². The molecule has 2 rings (SSSR count). The normalized spacial score (nSPS) is 13.7. The summed E-state index contributed by atoms with van der Waals surface area (Å²) in [6, 6.07) is 6.79. The zero-order valence-corrected chi connectivity index (χ0v) is 11.8. The largest absolute Gasteiger partial charge is 0.326 e. The first kappa shape index (κ1) is 14.0. The maximum absolute atomic E-state index is 11.3. The smallest absolute Gasteiger partial charge is 0.228 e. The maximum atomic E-state index is 11.3. The second kappa shape index (κ2) is 6.68. The van der Waals surface area contributed by atoms with Gasteiger partial charge in [0.05, 0.1) is 6.42 Å². The van der Waals surface area contributed by atoms with Gasteiger partial charge in [-0.2, -0.15) is 0 Å². The van der Waals surface area contributed by atoms with Gasteiger partial charge in [0.2, 0.25) is 5.91 Å². The number of nitrogens with one attached hydrogen (secondary N) is 3. The van der Waals surface area contributed by atoms with Gasteiger partial charge in [0.25, 0.3) is 0 Å². The Labute approximate surface area is 115 Å². The highest BCUT2D eigenvalue weighted by atomic mass is 16.1. The summed E-state index contributed by atoms with van der Waals surface area (Å²) >= 11 is 0. The lowest BCUT2D eigenvalue weighted by Gasteiger charge is -2.09. The van der Waals surface area contributed by atoms with Crippen LogP contribution >= 0.6 is 0 Å². The van der Waals surface area contributed by atoms with Gasteiger partial charge in [-0.3, -0.25) is 4.79 Å². The molecule has 1 aliphatic rings. The summed E-state index contributed by atoms with van der Waals surface area (Å²) in [6.45, 7) is 7.27. The summed E-state index contributed by atoms with van der Waals surface area (Å²) in [6.07, 6.45) is 1.53. The molecule has 0 aliphatic carbocycles. The summed E-state index contributed by atoms with van der Waals surface area (Å²) in [4.78, 5) is 11.3. The molecule has 1 heterocycles. The molecule has 4 heteroatoms. The van der Waals surface area contributed by atoms with Gasteiger partial charge in [0.1, 0.15) is 0 Å². The summed E-state index contributed by atoms with van der Waals surface area (Å²) in [5.74, 6) is 0.102. The number of hydrogen-bond donors (Lipinski definition) is 3. The molecule has 0 saturated heterocycles. The van der Waals surface area contributed by atoms with E-state index in [-0.39, 0.29) is 5.91 Å². The van der Waals surface area contributed by atoms with E-state index in [4.69, 9.17) is 0 Å². The highest BCUT2D eigenvalue weighted by Gasteiger charge is 2.16. The fraction of sp³-hybridized carbons (Fsp3) is 0.533. The first-order valence-corrected chi connectivity index (χ1v) is 7.01. The molecule has 0 radical (unpaired) electrons. The molecule has 0 unspecified atom stereocenters. The number of amides is 1. The third kappa shape index (κ3) is 4.33. The van der Waals surface area contributed by atoms with E-state index in [0.717, 1.165) is 37.3 Å². The molecular weight excluding hydrogens is 238 g/mol. The van der Waals surface area contributed by atoms with E-state index >= 15 is 0 Å². The fourth-order valence-corrected chi connectivity index (χ4v) is 2.25. The molecule has 0 atom stereocenters. The van der Waals surface area contributed by atoms with E-state index in [1.165, 1.54) is 5.56 Å². The molecule has 0 saturated carbocycles. The van der Waals surface area contributed by atoms with Gasteiger partial charge in [-0.1, -0.05) is 26.0 Å². The summed E-state index contributed by atoms with van der Waals surface area (Å²) < 4.78 is 0. The summed E-state index contributed by atoms with van der Waals surface area (Å²) in [5, 5.41) is 9.65. The lowest BCUT2D eigenvalue weighted by Crippen LogP contribution is -2.32. The summed E-state index contributed by atoms with van der Waals surface area (Å²) in [7, 11) is 0. The second-order valence-electron chi connectivity index (χ2n) is 5.33. The first-order valence-electron chi connectivity index (χ1n) is 7.01. The van der Waals surface area contributed by atoms with Crippen LogP contribution in [0.1, 0.15) is 25.0 Å². The minimum absolute atomic E-state index is 0.102. The molecule has 0 aromatic heterocycles. The van der Waals surface area contributed by atoms with Gasteiger partial charge in [-0.25, -0.2) is 0 Å². The average Bonchev–Trinajstić information content (AvgIpc) is 2.72. The maximum Gasteiger partial charge on any atom is 0.228 e. The molecule has 0 spiro atoms. The molecule has 0 fully saturated rings. The van der Waals surface area contributed by atoms with Crippen LogP contribution in [0.5, 0.6) is 0 Å². The van der Waals surface area contributed by atoms with Gasteiger partial charge in [-0.15, -0.1) is 0 Å². The number of benzene rings is 1. The molecule has 1 aromatic rings. The Morgan fingerprint density at radius 3 is 2.89 bits per heavy atom. The lowest BCUT2D eigenvalue weighted by atomic mass is 10.1. The van der Waals surface area contributed by atoms with Crippen LogP contribution in [0.4, 0.5) is 5.69 Å². The number of carbonyl (C=O) groups excluding carboxylic acids is 1. The van der Waals surface area contributed by atoms with Gasteiger partial charge >= 0.3 is 0 Å². The molecule has 1 aromatic carbocycles. The van der Waals surface area contributed by atoms with Crippen LogP contribution in [-0.2, 0) is 17.6 Å². The van der Waals surface area contributed by atoms with Crippen molar-refractivity contribution in [3.8, 4) is 0 Å². The van der Waals surface area contributed by atoms with E-state index < -0.39 is 0 Å². The van der Waals surface area contributed by atoms with Crippen molar-refractivity contribution in [2.45, 2.75) is 32.7 Å². The minimum atomic E-state index is 0.102. The van der Waals surface area contributed by atoms with Gasteiger partial charge in [0.15, 0.2) is 0 Å². The van der Waals surface area contributed by atoms with Crippen molar-refractivity contribution in [2.75, 3.05) is 25.0 Å². The first-order chi connectivity index (χ1) is 9.15. The highest BCUT2D eigenvalue weighted by Crippen LogP contribution is 2.23. The Hall–Kier alpha value is -1.39. The van der Waals surface area contributed by atoms with E-state index in [1.807, 2.05) is 6.07 Å². The molecule has 4 nitrogen and oxygen atoms in total. The zero-order valence-electron chi connectivity index (χ0n) is 11.8. The molecule has 1 aliphatic heterocycles.